The molecular weight excluding hydrogens is 250 g/mol. The number of benzene rings is 1. The molecular formula is C12H16ClN3Si. The lowest BCUT2D eigenvalue weighted by Crippen LogP contribution is -2.28. The zero-order valence-electron chi connectivity index (χ0n) is 10.3. The predicted molar refractivity (Wildman–Crippen MR) is 73.8 cm³/mol. The van der Waals surface area contributed by atoms with Gasteiger partial charge < -0.3 is 0 Å². The highest BCUT2D eigenvalue weighted by Gasteiger charge is 2.15. The minimum atomic E-state index is -1.16. The molecule has 5 heteroatoms. The number of hydrogen-bond donors (Lipinski definition) is 0. The molecule has 0 aliphatic carbocycles. The van der Waals surface area contributed by atoms with Gasteiger partial charge >= 0.3 is 0 Å². The zero-order valence-corrected chi connectivity index (χ0v) is 12.1. The summed E-state index contributed by atoms with van der Waals surface area (Å²) in [4.78, 5) is 0. The molecule has 2 rings (SSSR count). The summed E-state index contributed by atoms with van der Waals surface area (Å²) in [6.45, 7) is 6.95. The standard InChI is InChI=1S/C12H16ClN3Si/c1-17(2,3)9-16-8-12(14-15-16)10-4-6-11(13)7-5-10/h4-8H,9H2,1-3H3. The average molecular weight is 266 g/mol. The molecule has 0 fully saturated rings. The molecule has 90 valence electrons. The van der Waals surface area contributed by atoms with E-state index in [0.717, 1.165) is 22.4 Å². The van der Waals surface area contributed by atoms with Crippen molar-refractivity contribution in [1.82, 2.24) is 15.0 Å². The van der Waals surface area contributed by atoms with Crippen LogP contribution in [0.1, 0.15) is 0 Å². The predicted octanol–water partition coefficient (Wildman–Crippen LogP) is 3.48. The van der Waals surface area contributed by atoms with Crippen LogP contribution in [0.25, 0.3) is 11.3 Å². The fourth-order valence-corrected chi connectivity index (χ4v) is 2.87. The van der Waals surface area contributed by atoms with Crippen molar-refractivity contribution in [2.45, 2.75) is 25.8 Å². The van der Waals surface area contributed by atoms with E-state index in [1.165, 1.54) is 0 Å². The summed E-state index contributed by atoms with van der Waals surface area (Å²) in [5, 5.41) is 9.10. The summed E-state index contributed by atoms with van der Waals surface area (Å²) >= 11 is 5.86. The first-order chi connectivity index (χ1) is 7.94. The lowest BCUT2D eigenvalue weighted by molar-refractivity contribution is 0.681. The van der Waals surface area contributed by atoms with Crippen LogP contribution < -0.4 is 0 Å². The minimum absolute atomic E-state index is 0.739. The quantitative estimate of drug-likeness (QED) is 0.796. The minimum Gasteiger partial charge on any atom is -0.255 e. The molecule has 0 amide bonds. The van der Waals surface area contributed by atoms with Crippen LogP contribution in [0.4, 0.5) is 0 Å². The molecule has 1 aromatic carbocycles. The van der Waals surface area contributed by atoms with Crippen LogP contribution in [0.15, 0.2) is 30.5 Å². The molecule has 17 heavy (non-hydrogen) atoms. The smallest absolute Gasteiger partial charge is 0.113 e. The van der Waals surface area contributed by atoms with Gasteiger partial charge in [0, 0.05) is 16.8 Å². The molecule has 0 aliphatic heterocycles. The van der Waals surface area contributed by atoms with Crippen LogP contribution in [0, 0.1) is 0 Å². The molecule has 0 saturated heterocycles. The summed E-state index contributed by atoms with van der Waals surface area (Å²) in [5.74, 6) is 0. The molecule has 0 unspecified atom stereocenters. The van der Waals surface area contributed by atoms with Gasteiger partial charge in [-0.1, -0.05) is 48.6 Å². The van der Waals surface area contributed by atoms with Crippen molar-refractivity contribution in [2.24, 2.45) is 0 Å². The second kappa shape index (κ2) is 4.62. The Morgan fingerprint density at radius 2 is 1.82 bits per heavy atom. The van der Waals surface area contributed by atoms with Gasteiger partial charge in [0.15, 0.2) is 0 Å². The van der Waals surface area contributed by atoms with E-state index in [1.807, 2.05) is 35.1 Å². The second-order valence-electron chi connectivity index (χ2n) is 5.37. The molecule has 0 aliphatic rings. The first kappa shape index (κ1) is 12.3. The van der Waals surface area contributed by atoms with Gasteiger partial charge in [-0.25, -0.2) is 0 Å². The van der Waals surface area contributed by atoms with E-state index in [2.05, 4.69) is 30.0 Å². The molecule has 3 nitrogen and oxygen atoms in total. The fraction of sp³-hybridized carbons (Fsp3) is 0.333. The maximum absolute atomic E-state index is 5.86. The molecule has 0 saturated carbocycles. The van der Waals surface area contributed by atoms with E-state index in [1.54, 1.807) is 0 Å². The van der Waals surface area contributed by atoms with Gasteiger partial charge in [0.25, 0.3) is 0 Å². The molecule has 0 bridgehead atoms. The van der Waals surface area contributed by atoms with E-state index in [-0.39, 0.29) is 0 Å². The molecule has 1 aromatic heterocycles. The number of hydrogen-bond acceptors (Lipinski definition) is 2. The Hall–Kier alpha value is -1.13. The second-order valence-corrected chi connectivity index (χ2v) is 11.2. The number of nitrogens with zero attached hydrogens (tertiary/aromatic N) is 3. The Morgan fingerprint density at radius 3 is 2.41 bits per heavy atom. The van der Waals surface area contributed by atoms with Crippen molar-refractivity contribution in [3.63, 3.8) is 0 Å². The molecule has 2 aromatic rings. The van der Waals surface area contributed by atoms with Gasteiger partial charge in [0.1, 0.15) is 5.69 Å². The van der Waals surface area contributed by atoms with E-state index < -0.39 is 8.07 Å². The maximum Gasteiger partial charge on any atom is 0.113 e. The Morgan fingerprint density at radius 1 is 1.18 bits per heavy atom. The van der Waals surface area contributed by atoms with Crippen LogP contribution in [-0.4, -0.2) is 23.1 Å². The Labute approximate surface area is 107 Å². The largest absolute Gasteiger partial charge is 0.255 e. The first-order valence-corrected chi connectivity index (χ1v) is 9.69. The van der Waals surface area contributed by atoms with Crippen molar-refractivity contribution >= 4 is 19.7 Å². The molecule has 0 N–H and O–H groups in total. The third-order valence-electron chi connectivity index (χ3n) is 2.31. The Bertz CT molecular complexity index is 499. The molecule has 1 heterocycles. The summed E-state index contributed by atoms with van der Waals surface area (Å²) in [6.07, 6.45) is 3.00. The monoisotopic (exact) mass is 265 g/mol. The molecule has 0 atom stereocenters. The van der Waals surface area contributed by atoms with Gasteiger partial charge in [0.2, 0.25) is 0 Å². The van der Waals surface area contributed by atoms with Crippen molar-refractivity contribution < 1.29 is 0 Å². The van der Waals surface area contributed by atoms with Gasteiger partial charge in [-0.3, -0.25) is 4.68 Å². The van der Waals surface area contributed by atoms with Crippen LogP contribution in [0.2, 0.25) is 24.7 Å². The highest BCUT2D eigenvalue weighted by Crippen LogP contribution is 2.19. The van der Waals surface area contributed by atoms with Crippen molar-refractivity contribution in [2.75, 3.05) is 0 Å². The van der Waals surface area contributed by atoms with E-state index in [9.17, 15) is 0 Å². The molecule has 0 radical (unpaired) electrons. The van der Waals surface area contributed by atoms with Crippen molar-refractivity contribution in [1.29, 1.82) is 0 Å². The lowest BCUT2D eigenvalue weighted by atomic mass is 10.2. The summed E-state index contributed by atoms with van der Waals surface area (Å²) < 4.78 is 1.94. The summed E-state index contributed by atoms with van der Waals surface area (Å²) in [5.41, 5.74) is 1.95. The third-order valence-corrected chi connectivity index (χ3v) is 3.84. The van der Waals surface area contributed by atoms with Crippen LogP contribution in [-0.2, 0) is 6.17 Å². The number of aromatic nitrogens is 3. The van der Waals surface area contributed by atoms with E-state index >= 15 is 0 Å². The topological polar surface area (TPSA) is 30.7 Å². The third kappa shape index (κ3) is 3.41. The van der Waals surface area contributed by atoms with Crippen molar-refractivity contribution in [3.8, 4) is 11.3 Å². The number of halogens is 1. The summed E-state index contributed by atoms with van der Waals surface area (Å²) in [6, 6.07) is 7.67. The lowest BCUT2D eigenvalue weighted by Gasteiger charge is -2.14. The number of rotatable bonds is 3. The van der Waals surface area contributed by atoms with Gasteiger partial charge in [-0.15, -0.1) is 5.10 Å². The summed E-state index contributed by atoms with van der Waals surface area (Å²) in [7, 11) is -1.16. The Balaban J connectivity index is 2.21. The first-order valence-electron chi connectivity index (χ1n) is 5.60. The highest BCUT2D eigenvalue weighted by molar-refractivity contribution is 6.74. The van der Waals surface area contributed by atoms with Gasteiger partial charge in [0.05, 0.1) is 14.3 Å². The van der Waals surface area contributed by atoms with Crippen LogP contribution in [0.3, 0.4) is 0 Å². The van der Waals surface area contributed by atoms with Gasteiger partial charge in [-0.05, 0) is 12.1 Å². The normalized spacial score (nSPS) is 11.8. The van der Waals surface area contributed by atoms with Crippen LogP contribution in [0.5, 0.6) is 0 Å². The van der Waals surface area contributed by atoms with Crippen LogP contribution >= 0.6 is 11.6 Å². The molecule has 0 spiro atoms. The van der Waals surface area contributed by atoms with E-state index in [0.29, 0.717) is 0 Å². The maximum atomic E-state index is 5.86. The van der Waals surface area contributed by atoms with E-state index in [4.69, 9.17) is 11.6 Å². The average Bonchev–Trinajstić information content (AvgIpc) is 2.64. The zero-order chi connectivity index (χ0) is 12.5. The Kier molecular flexibility index (Phi) is 3.35. The highest BCUT2D eigenvalue weighted by atomic mass is 35.5. The van der Waals surface area contributed by atoms with Gasteiger partial charge in [-0.2, -0.15) is 0 Å². The fourth-order valence-electron chi connectivity index (χ4n) is 1.61. The SMILES string of the molecule is C[Si](C)(C)Cn1cc(-c2ccc(Cl)cc2)nn1. The van der Waals surface area contributed by atoms with Crippen molar-refractivity contribution in [3.05, 3.63) is 35.5 Å².